The van der Waals surface area contributed by atoms with Crippen LogP contribution in [-0.2, 0) is 11.8 Å². The van der Waals surface area contributed by atoms with Crippen molar-refractivity contribution in [2.24, 2.45) is 7.05 Å². The number of hydrogen-bond acceptors (Lipinski definition) is 4. The maximum atomic E-state index is 12.3. The normalized spacial score (nSPS) is 12.3. The van der Waals surface area contributed by atoms with Crippen molar-refractivity contribution in [2.45, 2.75) is 13.0 Å². The third-order valence-corrected chi connectivity index (χ3v) is 3.21. The van der Waals surface area contributed by atoms with Crippen LogP contribution in [0.5, 0.6) is 0 Å². The Balaban J connectivity index is 2.79. The zero-order valence-corrected chi connectivity index (χ0v) is 11.4. The van der Waals surface area contributed by atoms with Crippen molar-refractivity contribution in [1.82, 2.24) is 9.36 Å². The number of hydrogen-bond donors (Lipinski definition) is 0. The Bertz CT molecular complexity index is 688. The fourth-order valence-corrected chi connectivity index (χ4v) is 2.21. The van der Waals surface area contributed by atoms with E-state index in [1.54, 1.807) is 38.2 Å². The second-order valence-electron chi connectivity index (χ2n) is 4.34. The van der Waals surface area contributed by atoms with E-state index in [1.165, 1.54) is 16.5 Å². The summed E-state index contributed by atoms with van der Waals surface area (Å²) in [4.78, 5) is 22.8. The second-order valence-corrected chi connectivity index (χ2v) is 4.34. The summed E-state index contributed by atoms with van der Waals surface area (Å²) >= 11 is 0. The largest absolute Gasteiger partial charge is 0.375 e. The van der Waals surface area contributed by atoms with Gasteiger partial charge < -0.3 is 4.74 Å². The van der Waals surface area contributed by atoms with Gasteiger partial charge in [0, 0.05) is 14.2 Å². The van der Waals surface area contributed by atoms with Crippen LogP contribution in [-0.4, -0.2) is 21.4 Å². The Labute approximate surface area is 115 Å². The Morgan fingerprint density at radius 3 is 2.40 bits per heavy atom. The van der Waals surface area contributed by atoms with Gasteiger partial charge >= 0.3 is 11.2 Å². The van der Waals surface area contributed by atoms with E-state index in [2.05, 4.69) is 0 Å². The van der Waals surface area contributed by atoms with Crippen LogP contribution in [0.3, 0.4) is 0 Å². The van der Waals surface area contributed by atoms with E-state index in [4.69, 9.17) is 4.74 Å². The molecule has 106 valence electrons. The molecule has 0 aliphatic carbocycles. The van der Waals surface area contributed by atoms with Gasteiger partial charge in [-0.2, -0.15) is 0 Å². The summed E-state index contributed by atoms with van der Waals surface area (Å²) in [6, 6.07) is 8.77. The molecule has 0 saturated heterocycles. The highest BCUT2D eigenvalue weighted by Gasteiger charge is 2.31. The van der Waals surface area contributed by atoms with Crippen LogP contribution >= 0.6 is 0 Å². The number of ether oxygens (including phenoxy) is 1. The molecular weight excluding hydrogens is 262 g/mol. The first-order chi connectivity index (χ1) is 9.49. The molecule has 2 aromatic rings. The molecule has 1 heterocycles. The minimum Gasteiger partial charge on any atom is -0.375 e. The van der Waals surface area contributed by atoms with Crippen molar-refractivity contribution < 1.29 is 9.66 Å². The first kappa shape index (κ1) is 14.0. The average molecular weight is 277 g/mol. The van der Waals surface area contributed by atoms with Crippen molar-refractivity contribution in [3.8, 4) is 5.69 Å². The van der Waals surface area contributed by atoms with Crippen LogP contribution in [0.15, 0.2) is 35.1 Å². The van der Waals surface area contributed by atoms with Crippen molar-refractivity contribution in [1.29, 1.82) is 0 Å². The van der Waals surface area contributed by atoms with E-state index < -0.39 is 22.3 Å². The summed E-state index contributed by atoms with van der Waals surface area (Å²) < 4.78 is 7.86. The number of aromatic nitrogens is 2. The van der Waals surface area contributed by atoms with Gasteiger partial charge in [0.15, 0.2) is 0 Å². The van der Waals surface area contributed by atoms with Crippen molar-refractivity contribution in [2.75, 3.05) is 7.11 Å². The van der Waals surface area contributed by atoms with Crippen molar-refractivity contribution >= 4 is 5.69 Å². The average Bonchev–Trinajstić information content (AvgIpc) is 2.70. The number of nitrogens with zero attached hydrogens (tertiary/aromatic N) is 3. The lowest BCUT2D eigenvalue weighted by Crippen LogP contribution is -2.20. The highest BCUT2D eigenvalue weighted by molar-refractivity contribution is 5.41. The summed E-state index contributed by atoms with van der Waals surface area (Å²) in [6.45, 7) is 1.66. The highest BCUT2D eigenvalue weighted by atomic mass is 16.6. The molecule has 0 amide bonds. The molecule has 7 nitrogen and oxygen atoms in total. The zero-order valence-electron chi connectivity index (χ0n) is 11.4. The minimum atomic E-state index is -0.664. The summed E-state index contributed by atoms with van der Waals surface area (Å²) in [5.74, 6) is 0. The van der Waals surface area contributed by atoms with E-state index in [0.717, 1.165) is 0 Å². The fraction of sp³-hybridized carbons (Fsp3) is 0.308. The van der Waals surface area contributed by atoms with Crippen molar-refractivity contribution in [3.63, 3.8) is 0 Å². The lowest BCUT2D eigenvalue weighted by molar-refractivity contribution is -0.387. The number of rotatable bonds is 4. The summed E-state index contributed by atoms with van der Waals surface area (Å²) in [5.41, 5.74) is -0.308. The van der Waals surface area contributed by atoms with Gasteiger partial charge in [0.05, 0.1) is 10.6 Å². The van der Waals surface area contributed by atoms with Crippen molar-refractivity contribution in [3.05, 3.63) is 56.5 Å². The molecule has 7 heteroatoms. The maximum absolute atomic E-state index is 12.3. The number of para-hydroxylation sites is 1. The van der Waals surface area contributed by atoms with Gasteiger partial charge in [-0.25, -0.2) is 4.68 Å². The number of benzene rings is 1. The van der Waals surface area contributed by atoms with Gasteiger partial charge in [0.25, 0.3) is 0 Å². The van der Waals surface area contributed by atoms with Gasteiger partial charge in [-0.1, -0.05) is 18.2 Å². The Morgan fingerprint density at radius 1 is 1.30 bits per heavy atom. The Kier molecular flexibility index (Phi) is 3.71. The molecule has 1 aromatic carbocycles. The maximum Gasteiger partial charge on any atom is 0.359 e. The third kappa shape index (κ3) is 2.12. The van der Waals surface area contributed by atoms with Crippen LogP contribution in [0.4, 0.5) is 5.69 Å². The molecule has 1 atom stereocenters. The van der Waals surface area contributed by atoms with E-state index >= 15 is 0 Å². The van der Waals surface area contributed by atoms with Crippen LogP contribution in [0.2, 0.25) is 0 Å². The molecule has 0 N–H and O–H groups in total. The van der Waals surface area contributed by atoms with Gasteiger partial charge in [0.1, 0.15) is 11.8 Å². The first-order valence-electron chi connectivity index (χ1n) is 6.03. The molecule has 0 saturated carbocycles. The highest BCUT2D eigenvalue weighted by Crippen LogP contribution is 2.25. The number of nitro groups is 1. The van der Waals surface area contributed by atoms with Gasteiger partial charge in [-0.3, -0.25) is 19.6 Å². The quantitative estimate of drug-likeness (QED) is 0.630. The second kappa shape index (κ2) is 5.30. The third-order valence-electron chi connectivity index (χ3n) is 3.21. The van der Waals surface area contributed by atoms with E-state index in [9.17, 15) is 14.9 Å². The van der Waals surface area contributed by atoms with E-state index in [1.807, 2.05) is 6.07 Å². The first-order valence-corrected chi connectivity index (χ1v) is 6.03. The fourth-order valence-electron chi connectivity index (χ4n) is 2.21. The van der Waals surface area contributed by atoms with Crippen LogP contribution < -0.4 is 5.56 Å². The molecule has 0 aliphatic rings. The standard InChI is InChI=1S/C13H15N3O4/c1-9(20-3)11-12(16(18)19)13(17)15(14(11)2)10-7-5-4-6-8-10/h4-9H,1-3H3. The SMILES string of the molecule is COC(C)c1c([N+](=O)[O-])c(=O)n(-c2ccccc2)n1C. The smallest absolute Gasteiger partial charge is 0.359 e. The minimum absolute atomic E-state index is 0.242. The molecule has 2 rings (SSSR count). The lowest BCUT2D eigenvalue weighted by Gasteiger charge is -2.12. The molecule has 1 unspecified atom stereocenters. The lowest BCUT2D eigenvalue weighted by atomic mass is 10.2. The summed E-state index contributed by atoms with van der Waals surface area (Å²) in [6.07, 6.45) is -0.557. The predicted octanol–water partition coefficient (Wildman–Crippen LogP) is 1.79. The summed E-state index contributed by atoms with van der Waals surface area (Å²) in [5, 5.41) is 11.2. The molecule has 20 heavy (non-hydrogen) atoms. The van der Waals surface area contributed by atoms with E-state index in [-0.39, 0.29) is 5.69 Å². The molecule has 0 bridgehead atoms. The monoisotopic (exact) mass is 277 g/mol. The molecule has 0 fully saturated rings. The van der Waals surface area contributed by atoms with Crippen LogP contribution in [0.1, 0.15) is 18.7 Å². The molecular formula is C13H15N3O4. The van der Waals surface area contributed by atoms with E-state index in [0.29, 0.717) is 5.69 Å². The molecule has 0 spiro atoms. The Hall–Kier alpha value is -2.41. The molecule has 0 radical (unpaired) electrons. The van der Waals surface area contributed by atoms with Crippen LogP contribution in [0, 0.1) is 10.1 Å². The van der Waals surface area contributed by atoms with Gasteiger partial charge in [0.2, 0.25) is 0 Å². The number of methoxy groups -OCH3 is 1. The zero-order chi connectivity index (χ0) is 14.9. The summed E-state index contributed by atoms with van der Waals surface area (Å²) in [7, 11) is 3.05. The van der Waals surface area contributed by atoms with Crippen LogP contribution in [0.25, 0.3) is 5.69 Å². The predicted molar refractivity (Wildman–Crippen MR) is 73.1 cm³/mol. The molecule has 1 aromatic heterocycles. The Morgan fingerprint density at radius 2 is 1.90 bits per heavy atom. The molecule has 0 aliphatic heterocycles. The topological polar surface area (TPSA) is 79.3 Å². The van der Waals surface area contributed by atoms with Gasteiger partial charge in [-0.15, -0.1) is 0 Å². The van der Waals surface area contributed by atoms with Gasteiger partial charge in [-0.05, 0) is 19.1 Å².